The topological polar surface area (TPSA) is 49.7 Å². The van der Waals surface area contributed by atoms with Crippen molar-refractivity contribution in [3.8, 4) is 11.8 Å². The maximum absolute atomic E-state index is 8.96. The van der Waals surface area contributed by atoms with Crippen LogP contribution in [0.2, 0.25) is 0 Å². The summed E-state index contributed by atoms with van der Waals surface area (Å²) in [4.78, 5) is 0. The molecule has 0 aliphatic carbocycles. The number of aliphatic hydroxyl groups is 2. The van der Waals surface area contributed by atoms with Crippen LogP contribution in [-0.2, 0) is 4.74 Å². The number of aliphatic hydroxyl groups excluding tert-OH is 2. The summed E-state index contributed by atoms with van der Waals surface area (Å²) in [5.74, 6) is 5.66. The highest BCUT2D eigenvalue weighted by molar-refractivity contribution is 5.22. The third kappa shape index (κ3) is 12.8. The standard InChI is InChI=1S/C15H24O3/c1-2-3-4-5-6-7-8-9-10-11-12-18-14-15(17)13-16/h7-8,11-12,15-17H,2-6,13-14H2,1H3/b8-7+,12-11+/t15-/m0/s1. The van der Waals surface area contributed by atoms with E-state index in [4.69, 9.17) is 14.9 Å². The molecule has 0 aliphatic rings. The van der Waals surface area contributed by atoms with Gasteiger partial charge in [0.05, 0.1) is 12.9 Å². The molecular formula is C15H24O3. The van der Waals surface area contributed by atoms with Crippen LogP contribution in [0.15, 0.2) is 24.5 Å². The highest BCUT2D eigenvalue weighted by atomic mass is 16.5. The quantitative estimate of drug-likeness (QED) is 0.376. The van der Waals surface area contributed by atoms with Gasteiger partial charge >= 0.3 is 0 Å². The van der Waals surface area contributed by atoms with Crippen LogP contribution in [-0.4, -0.2) is 29.5 Å². The first-order valence-corrected chi connectivity index (χ1v) is 6.52. The summed E-state index contributed by atoms with van der Waals surface area (Å²) in [6.07, 6.45) is 12.2. The van der Waals surface area contributed by atoms with E-state index >= 15 is 0 Å². The van der Waals surface area contributed by atoms with E-state index in [-0.39, 0.29) is 13.2 Å². The molecule has 0 aromatic heterocycles. The molecule has 2 N–H and O–H groups in total. The van der Waals surface area contributed by atoms with Crippen molar-refractivity contribution in [2.75, 3.05) is 13.2 Å². The molecular weight excluding hydrogens is 228 g/mol. The second-order valence-corrected chi connectivity index (χ2v) is 4.01. The number of allylic oxidation sites excluding steroid dienone is 3. The Morgan fingerprint density at radius 3 is 2.67 bits per heavy atom. The van der Waals surface area contributed by atoms with Gasteiger partial charge in [0.2, 0.25) is 0 Å². The highest BCUT2D eigenvalue weighted by Crippen LogP contribution is 2.02. The average Bonchev–Trinajstić information content (AvgIpc) is 2.39. The molecule has 1 atom stereocenters. The van der Waals surface area contributed by atoms with Crippen molar-refractivity contribution >= 4 is 0 Å². The molecule has 0 bridgehead atoms. The van der Waals surface area contributed by atoms with Crippen LogP contribution in [0.4, 0.5) is 0 Å². The van der Waals surface area contributed by atoms with E-state index < -0.39 is 6.10 Å². The minimum Gasteiger partial charge on any atom is -0.498 e. The summed E-state index contributed by atoms with van der Waals surface area (Å²) in [6, 6.07) is 0. The molecule has 0 saturated heterocycles. The van der Waals surface area contributed by atoms with Gasteiger partial charge in [-0.1, -0.05) is 44.1 Å². The van der Waals surface area contributed by atoms with E-state index in [9.17, 15) is 0 Å². The van der Waals surface area contributed by atoms with Crippen molar-refractivity contribution in [2.24, 2.45) is 0 Å². The molecule has 0 heterocycles. The van der Waals surface area contributed by atoms with Crippen molar-refractivity contribution in [1.29, 1.82) is 0 Å². The first-order chi connectivity index (χ1) is 8.81. The van der Waals surface area contributed by atoms with Gasteiger partial charge in [-0.05, 0) is 18.9 Å². The van der Waals surface area contributed by atoms with E-state index in [1.54, 1.807) is 6.08 Å². The van der Waals surface area contributed by atoms with Gasteiger partial charge in [-0.25, -0.2) is 0 Å². The lowest BCUT2D eigenvalue weighted by atomic mass is 10.1. The predicted octanol–water partition coefficient (Wildman–Crippen LogP) is 2.40. The smallest absolute Gasteiger partial charge is 0.115 e. The summed E-state index contributed by atoms with van der Waals surface area (Å²) >= 11 is 0. The summed E-state index contributed by atoms with van der Waals surface area (Å²) in [5, 5.41) is 17.5. The Bertz CT molecular complexity index is 284. The summed E-state index contributed by atoms with van der Waals surface area (Å²) < 4.78 is 4.94. The summed E-state index contributed by atoms with van der Waals surface area (Å²) in [5.41, 5.74) is 0. The lowest BCUT2D eigenvalue weighted by Crippen LogP contribution is -2.17. The maximum Gasteiger partial charge on any atom is 0.115 e. The van der Waals surface area contributed by atoms with Crippen LogP contribution in [0.5, 0.6) is 0 Å². The zero-order chi connectivity index (χ0) is 13.5. The molecule has 3 nitrogen and oxygen atoms in total. The molecule has 0 unspecified atom stereocenters. The molecule has 102 valence electrons. The molecule has 0 fully saturated rings. The minimum absolute atomic E-state index is 0.0853. The number of ether oxygens (including phenoxy) is 1. The Labute approximate surface area is 110 Å². The fourth-order valence-corrected chi connectivity index (χ4v) is 1.23. The molecule has 0 rings (SSSR count). The van der Waals surface area contributed by atoms with Crippen LogP contribution in [0, 0.1) is 11.8 Å². The second-order valence-electron chi connectivity index (χ2n) is 4.01. The first-order valence-electron chi connectivity index (χ1n) is 6.52. The fraction of sp³-hybridized carbons (Fsp3) is 0.600. The zero-order valence-corrected chi connectivity index (χ0v) is 11.1. The van der Waals surface area contributed by atoms with Crippen molar-refractivity contribution in [3.63, 3.8) is 0 Å². The molecule has 0 aromatic rings. The first kappa shape index (κ1) is 16.8. The molecule has 0 spiro atoms. The number of hydrogen-bond acceptors (Lipinski definition) is 3. The van der Waals surface area contributed by atoms with Crippen molar-refractivity contribution in [2.45, 2.75) is 45.1 Å². The third-order valence-corrected chi connectivity index (χ3v) is 2.26. The van der Waals surface area contributed by atoms with E-state index in [1.165, 1.54) is 31.9 Å². The minimum atomic E-state index is -0.828. The van der Waals surface area contributed by atoms with Gasteiger partial charge in [0, 0.05) is 6.08 Å². The Morgan fingerprint density at radius 1 is 1.17 bits per heavy atom. The second kappa shape index (κ2) is 13.8. The Morgan fingerprint density at radius 2 is 1.94 bits per heavy atom. The van der Waals surface area contributed by atoms with Crippen LogP contribution in [0.3, 0.4) is 0 Å². The van der Waals surface area contributed by atoms with Crippen molar-refractivity contribution in [1.82, 2.24) is 0 Å². The van der Waals surface area contributed by atoms with Gasteiger partial charge in [-0.2, -0.15) is 0 Å². The molecule has 0 radical (unpaired) electrons. The van der Waals surface area contributed by atoms with E-state index in [0.29, 0.717) is 0 Å². The third-order valence-electron chi connectivity index (χ3n) is 2.26. The Hall–Kier alpha value is -1.24. The predicted molar refractivity (Wildman–Crippen MR) is 73.9 cm³/mol. The van der Waals surface area contributed by atoms with Gasteiger partial charge < -0.3 is 14.9 Å². The normalized spacial score (nSPS) is 12.6. The monoisotopic (exact) mass is 252 g/mol. The van der Waals surface area contributed by atoms with Gasteiger partial charge in [0.1, 0.15) is 12.7 Å². The fourth-order valence-electron chi connectivity index (χ4n) is 1.23. The zero-order valence-electron chi connectivity index (χ0n) is 11.1. The van der Waals surface area contributed by atoms with Gasteiger partial charge in [0.25, 0.3) is 0 Å². The van der Waals surface area contributed by atoms with E-state index in [2.05, 4.69) is 24.8 Å². The van der Waals surface area contributed by atoms with E-state index in [1.807, 2.05) is 6.08 Å². The molecule has 18 heavy (non-hydrogen) atoms. The maximum atomic E-state index is 8.96. The average molecular weight is 252 g/mol. The van der Waals surface area contributed by atoms with E-state index in [0.717, 1.165) is 6.42 Å². The van der Waals surface area contributed by atoms with Crippen LogP contribution in [0.1, 0.15) is 39.0 Å². The molecule has 3 heteroatoms. The highest BCUT2D eigenvalue weighted by Gasteiger charge is 1.98. The van der Waals surface area contributed by atoms with Gasteiger partial charge in [-0.15, -0.1) is 0 Å². The van der Waals surface area contributed by atoms with Crippen molar-refractivity contribution < 1.29 is 14.9 Å². The number of rotatable bonds is 9. The molecule has 0 aliphatic heterocycles. The lowest BCUT2D eigenvalue weighted by molar-refractivity contribution is 0.0385. The number of hydrogen-bond donors (Lipinski definition) is 2. The van der Waals surface area contributed by atoms with Crippen molar-refractivity contribution in [3.05, 3.63) is 24.5 Å². The summed E-state index contributed by atoms with van der Waals surface area (Å²) in [6.45, 7) is 2.00. The van der Waals surface area contributed by atoms with Crippen LogP contribution >= 0.6 is 0 Å². The van der Waals surface area contributed by atoms with Gasteiger partial charge in [0.15, 0.2) is 0 Å². The summed E-state index contributed by atoms with van der Waals surface area (Å²) in [7, 11) is 0. The Kier molecular flexibility index (Phi) is 12.9. The molecule has 0 amide bonds. The SMILES string of the molecule is CCCCCC/C=C/C#C/C=C/OC[C@@H](O)CO. The van der Waals surface area contributed by atoms with Crippen LogP contribution in [0.25, 0.3) is 0 Å². The van der Waals surface area contributed by atoms with Crippen LogP contribution < -0.4 is 0 Å². The van der Waals surface area contributed by atoms with Gasteiger partial charge in [-0.3, -0.25) is 0 Å². The Balaban J connectivity index is 3.47. The lowest BCUT2D eigenvalue weighted by Gasteiger charge is -2.04. The number of unbranched alkanes of at least 4 members (excludes halogenated alkanes) is 4. The molecule has 0 aromatic carbocycles. The molecule has 0 saturated carbocycles. The largest absolute Gasteiger partial charge is 0.498 e.